The number of carbonyl (C=O) groups excluding carboxylic acids is 1. The van der Waals surface area contributed by atoms with Crippen LogP contribution in [0.2, 0.25) is 15.1 Å². The number of hydrogen-bond acceptors (Lipinski definition) is 4. The summed E-state index contributed by atoms with van der Waals surface area (Å²) >= 11 is 18.0. The van der Waals surface area contributed by atoms with Crippen molar-refractivity contribution in [2.75, 3.05) is 11.9 Å². The third-order valence-corrected chi connectivity index (χ3v) is 5.19. The summed E-state index contributed by atoms with van der Waals surface area (Å²) in [6, 6.07) is 16.5. The molecule has 0 radical (unpaired) electrons. The van der Waals surface area contributed by atoms with Crippen LogP contribution in [0.1, 0.15) is 0 Å². The van der Waals surface area contributed by atoms with Crippen LogP contribution < -0.4 is 15.5 Å². The van der Waals surface area contributed by atoms with Gasteiger partial charge in [0.05, 0.1) is 10.9 Å². The van der Waals surface area contributed by atoms with Crippen molar-refractivity contribution in [3.63, 3.8) is 0 Å². The van der Waals surface area contributed by atoms with E-state index >= 15 is 0 Å². The highest BCUT2D eigenvalue weighted by atomic mass is 35.5. The van der Waals surface area contributed by atoms with Gasteiger partial charge in [0.15, 0.2) is 6.61 Å². The lowest BCUT2D eigenvalue weighted by Gasteiger charge is -2.09. The first kappa shape index (κ1) is 21.2. The maximum absolute atomic E-state index is 12.9. The van der Waals surface area contributed by atoms with Crippen LogP contribution in [0.25, 0.3) is 22.1 Å². The quantitative estimate of drug-likeness (QED) is 0.361. The molecule has 4 aromatic rings. The molecule has 3 aromatic carbocycles. The van der Waals surface area contributed by atoms with E-state index < -0.39 is 5.91 Å². The monoisotopic (exact) mass is 473 g/mol. The zero-order chi connectivity index (χ0) is 22.0. The van der Waals surface area contributed by atoms with Gasteiger partial charge in [0, 0.05) is 32.4 Å². The SMILES string of the molecule is O=C(COc1ccc2c(=O)c(-c3ccccc3Cl)coc2c1)Nc1cc(Cl)cc(Cl)c1. The lowest BCUT2D eigenvalue weighted by Crippen LogP contribution is -2.20. The molecule has 156 valence electrons. The highest BCUT2D eigenvalue weighted by molar-refractivity contribution is 6.35. The summed E-state index contributed by atoms with van der Waals surface area (Å²) in [7, 11) is 0. The zero-order valence-electron chi connectivity index (χ0n) is 15.8. The van der Waals surface area contributed by atoms with Gasteiger partial charge in [-0.05, 0) is 36.4 Å². The van der Waals surface area contributed by atoms with Crippen LogP contribution in [-0.4, -0.2) is 12.5 Å². The Labute approximate surface area is 192 Å². The third-order valence-electron chi connectivity index (χ3n) is 4.43. The molecule has 0 bridgehead atoms. The zero-order valence-corrected chi connectivity index (χ0v) is 18.1. The second-order valence-corrected chi connectivity index (χ2v) is 7.89. The molecule has 0 saturated heterocycles. The van der Waals surface area contributed by atoms with Crippen LogP contribution in [0, 0.1) is 0 Å². The molecule has 0 saturated carbocycles. The van der Waals surface area contributed by atoms with E-state index in [2.05, 4.69) is 5.32 Å². The van der Waals surface area contributed by atoms with Gasteiger partial charge in [-0.3, -0.25) is 9.59 Å². The van der Waals surface area contributed by atoms with Crippen molar-refractivity contribution in [2.24, 2.45) is 0 Å². The standard InChI is InChI=1S/C23H14Cl3NO4/c24-13-7-14(25)9-15(8-13)27-22(28)12-30-16-5-6-18-21(10-16)31-11-19(23(18)29)17-3-1-2-4-20(17)26/h1-11H,12H2,(H,27,28). The maximum Gasteiger partial charge on any atom is 0.262 e. The minimum absolute atomic E-state index is 0.212. The Morgan fingerprint density at radius 1 is 0.935 bits per heavy atom. The molecule has 0 aliphatic rings. The van der Waals surface area contributed by atoms with Crippen molar-refractivity contribution < 1.29 is 13.9 Å². The molecule has 1 heterocycles. The van der Waals surface area contributed by atoms with Crippen molar-refractivity contribution in [1.29, 1.82) is 0 Å². The van der Waals surface area contributed by atoms with Gasteiger partial charge in [0.25, 0.3) is 5.91 Å². The molecule has 1 aromatic heterocycles. The number of halogens is 3. The van der Waals surface area contributed by atoms with E-state index in [0.717, 1.165) is 0 Å². The highest BCUT2D eigenvalue weighted by Gasteiger charge is 2.13. The van der Waals surface area contributed by atoms with E-state index in [9.17, 15) is 9.59 Å². The summed E-state index contributed by atoms with van der Waals surface area (Å²) in [5.41, 5.74) is 1.55. The van der Waals surface area contributed by atoms with Gasteiger partial charge < -0.3 is 14.5 Å². The molecule has 1 amide bonds. The molecule has 4 rings (SSSR count). The fourth-order valence-electron chi connectivity index (χ4n) is 3.04. The van der Waals surface area contributed by atoms with Gasteiger partial charge in [0.2, 0.25) is 5.43 Å². The van der Waals surface area contributed by atoms with E-state index in [0.29, 0.717) is 48.6 Å². The molecule has 1 N–H and O–H groups in total. The lowest BCUT2D eigenvalue weighted by molar-refractivity contribution is -0.118. The first-order valence-electron chi connectivity index (χ1n) is 9.10. The predicted octanol–water partition coefficient (Wildman–Crippen LogP) is 6.44. The number of carbonyl (C=O) groups is 1. The van der Waals surface area contributed by atoms with E-state index in [1.807, 2.05) is 0 Å². The minimum atomic E-state index is -0.394. The Hall–Kier alpha value is -2.99. The Morgan fingerprint density at radius 2 is 1.68 bits per heavy atom. The molecule has 5 nitrogen and oxygen atoms in total. The van der Waals surface area contributed by atoms with Crippen LogP contribution in [-0.2, 0) is 4.79 Å². The molecule has 0 spiro atoms. The van der Waals surface area contributed by atoms with Crippen molar-refractivity contribution >= 4 is 57.4 Å². The van der Waals surface area contributed by atoms with Crippen LogP contribution in [0.4, 0.5) is 5.69 Å². The Balaban J connectivity index is 1.51. The van der Waals surface area contributed by atoms with Crippen molar-refractivity contribution in [3.8, 4) is 16.9 Å². The normalized spacial score (nSPS) is 10.8. The topological polar surface area (TPSA) is 68.5 Å². The summed E-state index contributed by atoms with van der Waals surface area (Å²) in [5, 5.41) is 4.30. The maximum atomic E-state index is 12.9. The number of fused-ring (bicyclic) bond motifs is 1. The number of rotatable bonds is 5. The lowest BCUT2D eigenvalue weighted by atomic mass is 10.1. The van der Waals surface area contributed by atoms with Crippen molar-refractivity contribution in [3.05, 3.63) is 92.2 Å². The largest absolute Gasteiger partial charge is 0.484 e. The number of anilines is 1. The molecule has 0 unspecified atom stereocenters. The minimum Gasteiger partial charge on any atom is -0.484 e. The molecule has 0 aliphatic carbocycles. The molecule has 0 aliphatic heterocycles. The van der Waals surface area contributed by atoms with E-state index in [-0.39, 0.29) is 12.0 Å². The van der Waals surface area contributed by atoms with Crippen LogP contribution in [0.3, 0.4) is 0 Å². The van der Waals surface area contributed by atoms with Crippen LogP contribution in [0.15, 0.2) is 76.1 Å². The molecule has 0 fully saturated rings. The molecular weight excluding hydrogens is 461 g/mol. The fraction of sp³-hybridized carbons (Fsp3) is 0.0435. The number of ether oxygens (including phenoxy) is 1. The number of amides is 1. The van der Waals surface area contributed by atoms with E-state index in [4.69, 9.17) is 44.0 Å². The smallest absolute Gasteiger partial charge is 0.262 e. The van der Waals surface area contributed by atoms with Gasteiger partial charge in [0.1, 0.15) is 17.6 Å². The summed E-state index contributed by atoms with van der Waals surface area (Å²) in [5.74, 6) is -0.0191. The molecular formula is C23H14Cl3NO4. The van der Waals surface area contributed by atoms with Crippen LogP contribution in [0.5, 0.6) is 5.75 Å². The number of benzene rings is 3. The average molecular weight is 475 g/mol. The summed E-state index contributed by atoms with van der Waals surface area (Å²) in [4.78, 5) is 25.0. The second-order valence-electron chi connectivity index (χ2n) is 6.61. The van der Waals surface area contributed by atoms with Crippen molar-refractivity contribution in [1.82, 2.24) is 0 Å². The second kappa shape index (κ2) is 9.02. The van der Waals surface area contributed by atoms with E-state index in [1.54, 1.807) is 60.7 Å². The fourth-order valence-corrected chi connectivity index (χ4v) is 3.80. The van der Waals surface area contributed by atoms with Gasteiger partial charge >= 0.3 is 0 Å². The molecule has 8 heteroatoms. The summed E-state index contributed by atoms with van der Waals surface area (Å²) < 4.78 is 11.2. The Morgan fingerprint density at radius 3 is 2.42 bits per heavy atom. The van der Waals surface area contributed by atoms with Gasteiger partial charge in [-0.15, -0.1) is 0 Å². The highest BCUT2D eigenvalue weighted by Crippen LogP contribution is 2.28. The Bertz CT molecular complexity index is 1330. The summed E-state index contributed by atoms with van der Waals surface area (Å²) in [6.45, 7) is -0.252. The van der Waals surface area contributed by atoms with Crippen LogP contribution >= 0.6 is 34.8 Å². The summed E-state index contributed by atoms with van der Waals surface area (Å²) in [6.07, 6.45) is 1.37. The first-order valence-corrected chi connectivity index (χ1v) is 10.2. The molecule has 0 atom stereocenters. The van der Waals surface area contributed by atoms with Gasteiger partial charge in [-0.2, -0.15) is 0 Å². The number of nitrogens with one attached hydrogen (secondary N) is 1. The predicted molar refractivity (Wildman–Crippen MR) is 124 cm³/mol. The molecule has 31 heavy (non-hydrogen) atoms. The van der Waals surface area contributed by atoms with Crippen molar-refractivity contribution in [2.45, 2.75) is 0 Å². The first-order chi connectivity index (χ1) is 14.9. The Kier molecular flexibility index (Phi) is 6.18. The van der Waals surface area contributed by atoms with Gasteiger partial charge in [-0.25, -0.2) is 0 Å². The number of hydrogen-bond donors (Lipinski definition) is 1. The average Bonchev–Trinajstić information content (AvgIpc) is 2.72. The van der Waals surface area contributed by atoms with E-state index in [1.165, 1.54) is 6.26 Å². The third kappa shape index (κ3) is 4.85. The van der Waals surface area contributed by atoms with Gasteiger partial charge in [-0.1, -0.05) is 53.0 Å².